The van der Waals surface area contributed by atoms with Gasteiger partial charge in [-0.25, -0.2) is 9.97 Å². The number of carbonyl (C=O) groups excluding carboxylic acids is 1. The fourth-order valence-electron chi connectivity index (χ4n) is 4.05. The lowest BCUT2D eigenvalue weighted by atomic mass is 9.92. The summed E-state index contributed by atoms with van der Waals surface area (Å²) in [5.74, 6) is 0.161. The molecule has 1 aliphatic heterocycles. The molecule has 0 bridgehead atoms. The Morgan fingerprint density at radius 3 is 2.50 bits per heavy atom. The summed E-state index contributed by atoms with van der Waals surface area (Å²) in [4.78, 5) is 21.5. The molecule has 2 atom stereocenters. The van der Waals surface area contributed by atoms with E-state index in [1.165, 1.54) is 6.07 Å². The summed E-state index contributed by atoms with van der Waals surface area (Å²) in [5, 5.41) is 2.92. The van der Waals surface area contributed by atoms with Crippen LogP contribution in [0.5, 0.6) is 0 Å². The van der Waals surface area contributed by atoms with E-state index in [4.69, 9.17) is 10.5 Å². The zero-order chi connectivity index (χ0) is 25.9. The topological polar surface area (TPSA) is 90.1 Å². The van der Waals surface area contributed by atoms with Crippen molar-refractivity contribution >= 4 is 11.5 Å². The van der Waals surface area contributed by atoms with Crippen LogP contribution in [0.1, 0.15) is 65.4 Å². The van der Waals surface area contributed by atoms with Crippen LogP contribution >= 0.6 is 0 Å². The van der Waals surface area contributed by atoms with E-state index in [1.807, 2.05) is 13.0 Å². The van der Waals surface area contributed by atoms with Crippen LogP contribution in [0.4, 0.5) is 13.2 Å². The maximum atomic E-state index is 13.3. The van der Waals surface area contributed by atoms with E-state index < -0.39 is 17.8 Å². The molecule has 1 aromatic heterocycles. The van der Waals surface area contributed by atoms with Gasteiger partial charge in [-0.05, 0) is 66.3 Å². The molecule has 2 aromatic carbocycles. The fourth-order valence-corrected chi connectivity index (χ4v) is 4.05. The number of nitrogens with two attached hydrogens (primary N) is 1. The van der Waals surface area contributed by atoms with E-state index in [0.717, 1.165) is 23.3 Å². The normalized spacial score (nSPS) is 15.7. The smallest absolute Gasteiger partial charge is 0.377 e. The molecule has 188 valence electrons. The Morgan fingerprint density at radius 1 is 1.11 bits per heavy atom. The molecule has 3 aromatic rings. The zero-order valence-electron chi connectivity index (χ0n) is 20.0. The van der Waals surface area contributed by atoms with Crippen LogP contribution in [-0.2, 0) is 10.9 Å². The third kappa shape index (κ3) is 5.80. The van der Waals surface area contributed by atoms with Crippen LogP contribution in [-0.4, -0.2) is 29.1 Å². The van der Waals surface area contributed by atoms with E-state index in [2.05, 4.69) is 15.3 Å². The van der Waals surface area contributed by atoms with Crippen LogP contribution in [0.2, 0.25) is 0 Å². The summed E-state index contributed by atoms with van der Waals surface area (Å²) in [6.45, 7) is 4.64. The summed E-state index contributed by atoms with van der Waals surface area (Å²) in [7, 11) is 0. The fraction of sp³-hybridized carbons (Fsp3) is 0.296. The molecule has 6 nitrogen and oxygen atoms in total. The number of ether oxygens (including phenoxy) is 1. The minimum Gasteiger partial charge on any atom is -0.377 e. The number of hydrogen-bond donors (Lipinski definition) is 2. The maximum absolute atomic E-state index is 13.3. The second-order valence-corrected chi connectivity index (χ2v) is 8.73. The van der Waals surface area contributed by atoms with Gasteiger partial charge in [-0.1, -0.05) is 36.4 Å². The third-order valence-corrected chi connectivity index (χ3v) is 6.08. The molecule has 0 saturated carbocycles. The molecule has 9 heteroatoms. The van der Waals surface area contributed by atoms with Crippen molar-refractivity contribution in [1.29, 1.82) is 0 Å². The number of alkyl halides is 3. The number of aromatic nitrogens is 2. The Hall–Kier alpha value is -3.56. The Bertz CT molecular complexity index is 1270. The monoisotopic (exact) mass is 496 g/mol. The number of rotatable bonds is 6. The van der Waals surface area contributed by atoms with Crippen LogP contribution in [0.25, 0.3) is 16.7 Å². The highest BCUT2D eigenvalue weighted by Crippen LogP contribution is 2.36. The highest BCUT2D eigenvalue weighted by molar-refractivity contribution is 5.92. The Labute approximate surface area is 207 Å². The standard InChI is InChI=1S/C27H27F3N4O2/c1-16(31)22-8-7-21(27(28,29)30)15-23(22)19-5-3-18(4-6-19)17(2)33-26(35)24-9-12-32-25(34-24)20-10-13-36-14-11-20/h3-10,12,15-17H,11,13-14,31H2,1-2H3,(H,33,35)/t16-,17+/m0/s1. The lowest BCUT2D eigenvalue weighted by Gasteiger charge is -2.18. The predicted molar refractivity (Wildman–Crippen MR) is 131 cm³/mol. The van der Waals surface area contributed by atoms with E-state index in [-0.39, 0.29) is 17.6 Å². The largest absolute Gasteiger partial charge is 0.416 e. The Kier molecular flexibility index (Phi) is 7.51. The second kappa shape index (κ2) is 10.6. The first-order valence-electron chi connectivity index (χ1n) is 11.6. The van der Waals surface area contributed by atoms with E-state index >= 15 is 0 Å². The molecular formula is C27H27F3N4O2. The van der Waals surface area contributed by atoms with E-state index in [1.54, 1.807) is 43.5 Å². The molecule has 1 amide bonds. The highest BCUT2D eigenvalue weighted by atomic mass is 19.4. The van der Waals surface area contributed by atoms with Crippen molar-refractivity contribution in [2.45, 2.75) is 38.5 Å². The average Bonchev–Trinajstić information content (AvgIpc) is 2.88. The average molecular weight is 497 g/mol. The molecule has 3 N–H and O–H groups in total. The van der Waals surface area contributed by atoms with Crippen LogP contribution in [0.3, 0.4) is 0 Å². The SMILES string of the molecule is C[C@H](N)c1ccc(C(F)(F)F)cc1-c1ccc([C@@H](C)NC(=O)c2ccnc(C3=CCOCC3)n2)cc1. The van der Waals surface area contributed by atoms with Crippen molar-refractivity contribution in [3.63, 3.8) is 0 Å². The van der Waals surface area contributed by atoms with Crippen molar-refractivity contribution < 1.29 is 22.7 Å². The second-order valence-electron chi connectivity index (χ2n) is 8.73. The Balaban J connectivity index is 1.52. The number of hydrogen-bond acceptors (Lipinski definition) is 5. The van der Waals surface area contributed by atoms with Gasteiger partial charge in [0.05, 0.1) is 24.8 Å². The van der Waals surface area contributed by atoms with Gasteiger partial charge in [-0.2, -0.15) is 13.2 Å². The zero-order valence-corrected chi connectivity index (χ0v) is 20.0. The third-order valence-electron chi connectivity index (χ3n) is 6.08. The lowest BCUT2D eigenvalue weighted by molar-refractivity contribution is -0.137. The number of amides is 1. The summed E-state index contributed by atoms with van der Waals surface area (Å²) in [5.41, 5.74) is 8.93. The lowest BCUT2D eigenvalue weighted by Crippen LogP contribution is -2.27. The molecule has 0 aliphatic carbocycles. The summed E-state index contributed by atoms with van der Waals surface area (Å²) < 4.78 is 45.2. The number of halogens is 3. The quantitative estimate of drug-likeness (QED) is 0.472. The maximum Gasteiger partial charge on any atom is 0.416 e. The van der Waals surface area contributed by atoms with Crippen LogP contribution in [0, 0.1) is 0 Å². The molecule has 2 heterocycles. The molecule has 0 radical (unpaired) electrons. The van der Waals surface area contributed by atoms with Crippen LogP contribution < -0.4 is 11.1 Å². The molecule has 4 rings (SSSR count). The number of nitrogens with one attached hydrogen (secondary N) is 1. The van der Waals surface area contributed by atoms with E-state index in [0.29, 0.717) is 42.1 Å². The van der Waals surface area contributed by atoms with Gasteiger partial charge in [0, 0.05) is 12.2 Å². The minimum atomic E-state index is -4.45. The first kappa shape index (κ1) is 25.5. The van der Waals surface area contributed by atoms with Crippen molar-refractivity contribution in [2.24, 2.45) is 5.73 Å². The Morgan fingerprint density at radius 2 is 1.86 bits per heavy atom. The van der Waals surface area contributed by atoms with Gasteiger partial charge in [-0.15, -0.1) is 0 Å². The first-order chi connectivity index (χ1) is 17.1. The van der Waals surface area contributed by atoms with Gasteiger partial charge in [0.15, 0.2) is 5.82 Å². The van der Waals surface area contributed by atoms with Gasteiger partial charge < -0.3 is 15.8 Å². The molecule has 0 unspecified atom stereocenters. The summed E-state index contributed by atoms with van der Waals surface area (Å²) in [6.07, 6.45) is -0.305. The predicted octanol–water partition coefficient (Wildman–Crippen LogP) is 5.48. The molecular weight excluding hydrogens is 469 g/mol. The number of nitrogens with zero attached hydrogens (tertiary/aromatic N) is 2. The molecule has 0 spiro atoms. The number of benzene rings is 2. The van der Waals surface area contributed by atoms with E-state index in [9.17, 15) is 18.0 Å². The highest BCUT2D eigenvalue weighted by Gasteiger charge is 2.31. The van der Waals surface area contributed by atoms with Crippen molar-refractivity contribution in [3.8, 4) is 11.1 Å². The number of carbonyl (C=O) groups is 1. The van der Waals surface area contributed by atoms with Crippen molar-refractivity contribution in [2.75, 3.05) is 13.2 Å². The summed E-state index contributed by atoms with van der Waals surface area (Å²) >= 11 is 0. The molecule has 36 heavy (non-hydrogen) atoms. The van der Waals surface area contributed by atoms with Gasteiger partial charge in [0.1, 0.15) is 5.69 Å². The summed E-state index contributed by atoms with van der Waals surface area (Å²) in [6, 6.07) is 11.4. The molecule has 0 fully saturated rings. The van der Waals surface area contributed by atoms with Crippen LogP contribution in [0.15, 0.2) is 60.8 Å². The van der Waals surface area contributed by atoms with Crippen molar-refractivity contribution in [1.82, 2.24) is 15.3 Å². The van der Waals surface area contributed by atoms with Gasteiger partial charge in [0.2, 0.25) is 0 Å². The van der Waals surface area contributed by atoms with Crippen molar-refractivity contribution in [3.05, 3.63) is 89.0 Å². The van der Waals surface area contributed by atoms with Gasteiger partial charge in [0.25, 0.3) is 5.91 Å². The first-order valence-corrected chi connectivity index (χ1v) is 11.6. The molecule has 1 aliphatic rings. The minimum absolute atomic E-state index is 0.251. The van der Waals surface area contributed by atoms with Gasteiger partial charge in [-0.3, -0.25) is 4.79 Å². The van der Waals surface area contributed by atoms with Gasteiger partial charge >= 0.3 is 6.18 Å². The molecule has 0 saturated heterocycles.